The fourth-order valence-electron chi connectivity index (χ4n) is 1.75. The van der Waals surface area contributed by atoms with Gasteiger partial charge in [-0.3, -0.25) is 4.79 Å². The van der Waals surface area contributed by atoms with Gasteiger partial charge in [-0.25, -0.2) is 0 Å². The van der Waals surface area contributed by atoms with Crippen LogP contribution in [0.3, 0.4) is 0 Å². The van der Waals surface area contributed by atoms with Gasteiger partial charge in [-0.2, -0.15) is 0 Å². The highest BCUT2D eigenvalue weighted by atomic mass is 16.5. The number of hydrogen-bond acceptors (Lipinski definition) is 3. The van der Waals surface area contributed by atoms with Gasteiger partial charge < -0.3 is 15.8 Å². The van der Waals surface area contributed by atoms with Crippen molar-refractivity contribution in [1.29, 1.82) is 0 Å². The van der Waals surface area contributed by atoms with E-state index >= 15 is 0 Å². The first-order valence-electron chi connectivity index (χ1n) is 6.83. The molecule has 1 aromatic rings. The Morgan fingerprint density at radius 3 is 2.79 bits per heavy atom. The standard InChI is InChI=1S/C15H24N2O2/c1-4-5-6-9-19-12(3)15(18)17-14-8-7-13(16)10-11(14)2/h7-8,10,12H,4-6,9,16H2,1-3H3,(H,17,18). The van der Waals surface area contributed by atoms with Crippen LogP contribution < -0.4 is 11.1 Å². The van der Waals surface area contributed by atoms with Gasteiger partial charge in [0.25, 0.3) is 5.91 Å². The highest BCUT2D eigenvalue weighted by Crippen LogP contribution is 2.18. The molecule has 0 fully saturated rings. The van der Waals surface area contributed by atoms with E-state index in [1.807, 2.05) is 19.1 Å². The zero-order chi connectivity index (χ0) is 14.3. The molecule has 1 aromatic carbocycles. The van der Waals surface area contributed by atoms with E-state index in [-0.39, 0.29) is 5.91 Å². The Bertz CT molecular complexity index is 419. The van der Waals surface area contributed by atoms with E-state index in [1.165, 1.54) is 0 Å². The summed E-state index contributed by atoms with van der Waals surface area (Å²) in [6.45, 7) is 6.45. The van der Waals surface area contributed by atoms with E-state index in [9.17, 15) is 4.79 Å². The first kappa shape index (κ1) is 15.5. The van der Waals surface area contributed by atoms with Crippen LogP contribution in [0.4, 0.5) is 11.4 Å². The number of nitrogens with two attached hydrogens (primary N) is 1. The van der Waals surface area contributed by atoms with Gasteiger partial charge in [-0.1, -0.05) is 19.8 Å². The fraction of sp³-hybridized carbons (Fsp3) is 0.533. The van der Waals surface area contributed by atoms with Crippen LogP contribution in [0.5, 0.6) is 0 Å². The number of anilines is 2. The largest absolute Gasteiger partial charge is 0.399 e. The lowest BCUT2D eigenvalue weighted by Gasteiger charge is -2.14. The number of aryl methyl sites for hydroxylation is 1. The van der Waals surface area contributed by atoms with Crippen LogP contribution >= 0.6 is 0 Å². The van der Waals surface area contributed by atoms with Crippen molar-refractivity contribution in [3.8, 4) is 0 Å². The van der Waals surface area contributed by atoms with Gasteiger partial charge in [0, 0.05) is 18.0 Å². The third kappa shape index (κ3) is 5.30. The summed E-state index contributed by atoms with van der Waals surface area (Å²) < 4.78 is 5.50. The highest BCUT2D eigenvalue weighted by molar-refractivity contribution is 5.94. The Hall–Kier alpha value is -1.55. The quantitative estimate of drug-likeness (QED) is 0.587. The van der Waals surface area contributed by atoms with Crippen LogP contribution in [-0.2, 0) is 9.53 Å². The molecule has 1 amide bonds. The summed E-state index contributed by atoms with van der Waals surface area (Å²) in [4.78, 5) is 11.9. The molecule has 3 N–H and O–H groups in total. The average Bonchev–Trinajstić information content (AvgIpc) is 2.37. The summed E-state index contributed by atoms with van der Waals surface area (Å²) in [5.41, 5.74) is 8.10. The predicted molar refractivity (Wildman–Crippen MR) is 79.2 cm³/mol. The van der Waals surface area contributed by atoms with Crippen LogP contribution in [0.1, 0.15) is 38.7 Å². The van der Waals surface area contributed by atoms with E-state index in [1.54, 1.807) is 13.0 Å². The Morgan fingerprint density at radius 2 is 2.16 bits per heavy atom. The molecule has 0 spiro atoms. The number of nitrogen functional groups attached to an aromatic ring is 1. The summed E-state index contributed by atoms with van der Waals surface area (Å²) in [6, 6.07) is 5.42. The van der Waals surface area contributed by atoms with Crippen molar-refractivity contribution < 1.29 is 9.53 Å². The zero-order valence-electron chi connectivity index (χ0n) is 12.0. The number of unbranched alkanes of at least 4 members (excludes halogenated alkanes) is 2. The minimum Gasteiger partial charge on any atom is -0.399 e. The molecule has 0 saturated carbocycles. The fourth-order valence-corrected chi connectivity index (χ4v) is 1.75. The molecular weight excluding hydrogens is 240 g/mol. The summed E-state index contributed by atoms with van der Waals surface area (Å²) in [6.07, 6.45) is 2.84. The van der Waals surface area contributed by atoms with Crippen molar-refractivity contribution in [2.24, 2.45) is 0 Å². The van der Waals surface area contributed by atoms with Crippen molar-refractivity contribution in [3.05, 3.63) is 23.8 Å². The topological polar surface area (TPSA) is 64.3 Å². The van der Waals surface area contributed by atoms with Crippen LogP contribution in [0, 0.1) is 6.92 Å². The molecule has 0 saturated heterocycles. The maximum absolute atomic E-state index is 11.9. The van der Waals surface area contributed by atoms with Gasteiger partial charge in [0.2, 0.25) is 0 Å². The van der Waals surface area contributed by atoms with E-state index in [0.29, 0.717) is 12.3 Å². The van der Waals surface area contributed by atoms with Crippen molar-refractivity contribution in [1.82, 2.24) is 0 Å². The molecule has 0 aromatic heterocycles. The van der Waals surface area contributed by atoms with Gasteiger partial charge >= 0.3 is 0 Å². The van der Waals surface area contributed by atoms with E-state index in [2.05, 4.69) is 12.2 Å². The lowest BCUT2D eigenvalue weighted by molar-refractivity contribution is -0.126. The number of nitrogens with one attached hydrogen (secondary N) is 1. The minimum atomic E-state index is -0.436. The van der Waals surface area contributed by atoms with Gasteiger partial charge in [-0.15, -0.1) is 0 Å². The molecule has 1 atom stereocenters. The van der Waals surface area contributed by atoms with E-state index in [4.69, 9.17) is 10.5 Å². The molecule has 1 unspecified atom stereocenters. The zero-order valence-corrected chi connectivity index (χ0v) is 12.0. The number of rotatable bonds is 7. The smallest absolute Gasteiger partial charge is 0.253 e. The molecule has 1 rings (SSSR count). The van der Waals surface area contributed by atoms with Gasteiger partial charge in [0.05, 0.1) is 0 Å². The number of ether oxygens (including phenoxy) is 1. The second-order valence-electron chi connectivity index (χ2n) is 4.78. The van der Waals surface area contributed by atoms with Crippen molar-refractivity contribution in [3.63, 3.8) is 0 Å². The molecule has 0 aliphatic heterocycles. The second-order valence-corrected chi connectivity index (χ2v) is 4.78. The first-order chi connectivity index (χ1) is 9.04. The van der Waals surface area contributed by atoms with Crippen molar-refractivity contribution >= 4 is 17.3 Å². The summed E-state index contributed by atoms with van der Waals surface area (Å²) in [7, 11) is 0. The molecular formula is C15H24N2O2. The average molecular weight is 264 g/mol. The number of carbonyl (C=O) groups is 1. The van der Waals surface area contributed by atoms with Gasteiger partial charge in [0.15, 0.2) is 0 Å². The second kappa shape index (κ2) is 7.79. The number of carbonyl (C=O) groups excluding carboxylic acids is 1. The molecule has 19 heavy (non-hydrogen) atoms. The molecule has 0 aliphatic rings. The molecule has 0 radical (unpaired) electrons. The lowest BCUT2D eigenvalue weighted by atomic mass is 10.1. The molecule has 0 aliphatic carbocycles. The molecule has 4 nitrogen and oxygen atoms in total. The number of hydrogen-bond donors (Lipinski definition) is 2. The monoisotopic (exact) mass is 264 g/mol. The molecule has 106 valence electrons. The Labute approximate surface area is 115 Å². The Morgan fingerprint density at radius 1 is 1.42 bits per heavy atom. The van der Waals surface area contributed by atoms with Crippen LogP contribution in [0.25, 0.3) is 0 Å². The van der Waals surface area contributed by atoms with Crippen LogP contribution in [0.2, 0.25) is 0 Å². The van der Waals surface area contributed by atoms with E-state index < -0.39 is 6.10 Å². The SMILES string of the molecule is CCCCCOC(C)C(=O)Nc1ccc(N)cc1C. The lowest BCUT2D eigenvalue weighted by Crippen LogP contribution is -2.28. The maximum atomic E-state index is 11.9. The third-order valence-electron chi connectivity index (χ3n) is 2.99. The normalized spacial score (nSPS) is 12.2. The Kier molecular flexibility index (Phi) is 6.36. The van der Waals surface area contributed by atoms with Crippen molar-refractivity contribution in [2.45, 2.75) is 46.1 Å². The number of benzene rings is 1. The first-order valence-corrected chi connectivity index (χ1v) is 6.83. The summed E-state index contributed by atoms with van der Waals surface area (Å²) >= 11 is 0. The number of amides is 1. The van der Waals surface area contributed by atoms with Crippen LogP contribution in [-0.4, -0.2) is 18.6 Å². The predicted octanol–water partition coefficient (Wildman–Crippen LogP) is 3.11. The summed E-state index contributed by atoms with van der Waals surface area (Å²) in [5, 5.41) is 2.86. The van der Waals surface area contributed by atoms with Crippen molar-refractivity contribution in [2.75, 3.05) is 17.7 Å². The third-order valence-corrected chi connectivity index (χ3v) is 2.99. The minimum absolute atomic E-state index is 0.121. The molecule has 0 heterocycles. The van der Waals surface area contributed by atoms with Crippen LogP contribution in [0.15, 0.2) is 18.2 Å². The van der Waals surface area contributed by atoms with Gasteiger partial charge in [0.1, 0.15) is 6.10 Å². The Balaban J connectivity index is 2.45. The maximum Gasteiger partial charge on any atom is 0.253 e. The molecule has 0 bridgehead atoms. The highest BCUT2D eigenvalue weighted by Gasteiger charge is 2.14. The van der Waals surface area contributed by atoms with E-state index in [0.717, 1.165) is 30.5 Å². The summed E-state index contributed by atoms with van der Waals surface area (Å²) in [5.74, 6) is -0.121. The van der Waals surface area contributed by atoms with Gasteiger partial charge in [-0.05, 0) is 44.0 Å². The molecule has 4 heteroatoms.